The van der Waals surface area contributed by atoms with Crippen molar-refractivity contribution in [2.75, 3.05) is 0 Å². The molecule has 0 heterocycles. The molecular formula is C10H13NO3. The number of rotatable bonds is 1. The third-order valence-electron chi connectivity index (χ3n) is 2.02. The van der Waals surface area contributed by atoms with Crippen LogP contribution in [0.5, 0.6) is 5.75 Å². The van der Waals surface area contributed by atoms with Gasteiger partial charge in [-0.1, -0.05) is 32.9 Å². The van der Waals surface area contributed by atoms with Gasteiger partial charge in [-0.15, -0.1) is 0 Å². The van der Waals surface area contributed by atoms with Crippen molar-refractivity contribution in [3.63, 3.8) is 0 Å². The molecule has 0 radical (unpaired) electrons. The average molecular weight is 195 g/mol. The van der Waals surface area contributed by atoms with Gasteiger partial charge in [0.05, 0.1) is 4.92 Å². The summed E-state index contributed by atoms with van der Waals surface area (Å²) < 4.78 is 0. The number of nitro benzene ring substituents is 1. The molecular weight excluding hydrogens is 182 g/mol. The molecule has 0 saturated carbocycles. The molecule has 0 unspecified atom stereocenters. The second-order valence-electron chi connectivity index (χ2n) is 4.18. The first-order chi connectivity index (χ1) is 6.34. The van der Waals surface area contributed by atoms with E-state index in [0.717, 1.165) is 0 Å². The maximum atomic E-state index is 10.5. The van der Waals surface area contributed by atoms with Gasteiger partial charge in [0.1, 0.15) is 0 Å². The number of nitrogens with zero attached hydrogens (tertiary/aromatic N) is 1. The van der Waals surface area contributed by atoms with Crippen LogP contribution in [0.4, 0.5) is 5.69 Å². The number of benzene rings is 1. The van der Waals surface area contributed by atoms with Crippen molar-refractivity contribution in [3.8, 4) is 5.75 Å². The van der Waals surface area contributed by atoms with Crippen LogP contribution < -0.4 is 0 Å². The third kappa shape index (κ3) is 1.84. The lowest BCUT2D eigenvalue weighted by Gasteiger charge is -2.19. The number of phenolic OH excluding ortho intramolecular Hbond substituents is 1. The Bertz CT molecular complexity index is 366. The molecule has 0 aliphatic carbocycles. The Balaban J connectivity index is 3.35. The fraction of sp³-hybridized carbons (Fsp3) is 0.400. The maximum absolute atomic E-state index is 10.5. The van der Waals surface area contributed by atoms with E-state index in [1.165, 1.54) is 6.07 Å². The summed E-state index contributed by atoms with van der Waals surface area (Å²) in [5.41, 5.74) is 0.0555. The zero-order valence-corrected chi connectivity index (χ0v) is 8.44. The predicted molar refractivity (Wildman–Crippen MR) is 53.5 cm³/mol. The Labute approximate surface area is 82.3 Å². The Kier molecular flexibility index (Phi) is 2.47. The molecule has 0 bridgehead atoms. The summed E-state index contributed by atoms with van der Waals surface area (Å²) in [5, 5.41) is 20.2. The number of nitro groups is 1. The number of aromatic hydroxyl groups is 1. The molecule has 0 aliphatic heterocycles. The van der Waals surface area contributed by atoms with Gasteiger partial charge in [0.25, 0.3) is 0 Å². The van der Waals surface area contributed by atoms with Gasteiger partial charge >= 0.3 is 5.69 Å². The zero-order chi connectivity index (χ0) is 10.9. The van der Waals surface area contributed by atoms with Crippen LogP contribution in [0.2, 0.25) is 0 Å². The van der Waals surface area contributed by atoms with E-state index in [0.29, 0.717) is 5.56 Å². The van der Waals surface area contributed by atoms with Crippen LogP contribution in [0.3, 0.4) is 0 Å². The monoisotopic (exact) mass is 195 g/mol. The highest BCUT2D eigenvalue weighted by Gasteiger charge is 2.24. The van der Waals surface area contributed by atoms with Gasteiger partial charge < -0.3 is 5.11 Å². The minimum atomic E-state index is -0.579. The fourth-order valence-electron chi connectivity index (χ4n) is 1.28. The first kappa shape index (κ1) is 10.5. The Hall–Kier alpha value is -1.58. The molecule has 14 heavy (non-hydrogen) atoms. The van der Waals surface area contributed by atoms with Crippen LogP contribution >= 0.6 is 0 Å². The fourth-order valence-corrected chi connectivity index (χ4v) is 1.28. The van der Waals surface area contributed by atoms with E-state index in [2.05, 4.69) is 0 Å². The standard InChI is InChI=1S/C10H13NO3/c1-10(2,3)7-5-4-6-8(9(7)12)11(13)14/h4-6,12H,1-3H3. The number of hydrogen-bond donors (Lipinski definition) is 1. The van der Waals surface area contributed by atoms with Gasteiger partial charge in [0, 0.05) is 11.6 Å². The van der Waals surface area contributed by atoms with E-state index in [9.17, 15) is 15.2 Å². The van der Waals surface area contributed by atoms with E-state index in [1.54, 1.807) is 12.1 Å². The summed E-state index contributed by atoms with van der Waals surface area (Å²) in [6, 6.07) is 4.57. The van der Waals surface area contributed by atoms with E-state index in [4.69, 9.17) is 0 Å². The summed E-state index contributed by atoms with van der Waals surface area (Å²) in [5.74, 6) is -0.231. The lowest BCUT2D eigenvalue weighted by molar-refractivity contribution is -0.386. The molecule has 1 rings (SSSR count). The van der Waals surface area contributed by atoms with Crippen LogP contribution in [0.25, 0.3) is 0 Å². The predicted octanol–water partition coefficient (Wildman–Crippen LogP) is 2.60. The van der Waals surface area contributed by atoms with Crippen molar-refractivity contribution in [1.82, 2.24) is 0 Å². The Morgan fingerprint density at radius 3 is 2.36 bits per heavy atom. The lowest BCUT2D eigenvalue weighted by atomic mass is 9.86. The molecule has 0 fully saturated rings. The van der Waals surface area contributed by atoms with Gasteiger partial charge in [0.2, 0.25) is 0 Å². The summed E-state index contributed by atoms with van der Waals surface area (Å²) >= 11 is 0. The SMILES string of the molecule is CC(C)(C)c1cccc([N+](=O)[O-])c1O. The highest BCUT2D eigenvalue weighted by atomic mass is 16.6. The minimum Gasteiger partial charge on any atom is -0.502 e. The first-order valence-electron chi connectivity index (χ1n) is 4.31. The molecule has 4 heteroatoms. The quantitative estimate of drug-likeness (QED) is 0.553. The molecule has 0 amide bonds. The maximum Gasteiger partial charge on any atom is 0.311 e. The molecule has 1 aromatic rings. The van der Waals surface area contributed by atoms with Crippen LogP contribution in [0.15, 0.2) is 18.2 Å². The van der Waals surface area contributed by atoms with Crippen LogP contribution in [0, 0.1) is 10.1 Å². The van der Waals surface area contributed by atoms with Crippen LogP contribution in [-0.2, 0) is 5.41 Å². The normalized spacial score (nSPS) is 11.4. The minimum absolute atomic E-state index is 0.231. The van der Waals surface area contributed by atoms with Crippen molar-refractivity contribution in [2.24, 2.45) is 0 Å². The number of hydrogen-bond acceptors (Lipinski definition) is 3. The number of para-hydroxylation sites is 1. The Morgan fingerprint density at radius 2 is 1.93 bits per heavy atom. The van der Waals surface area contributed by atoms with E-state index >= 15 is 0 Å². The van der Waals surface area contributed by atoms with Gasteiger partial charge in [-0.25, -0.2) is 0 Å². The average Bonchev–Trinajstić information content (AvgIpc) is 2.01. The van der Waals surface area contributed by atoms with Gasteiger partial charge in [-0.05, 0) is 5.41 Å². The largest absolute Gasteiger partial charge is 0.502 e. The highest BCUT2D eigenvalue weighted by molar-refractivity contribution is 5.52. The third-order valence-corrected chi connectivity index (χ3v) is 2.02. The van der Waals surface area contributed by atoms with Crippen molar-refractivity contribution in [2.45, 2.75) is 26.2 Å². The second-order valence-corrected chi connectivity index (χ2v) is 4.18. The zero-order valence-electron chi connectivity index (χ0n) is 8.44. The van der Waals surface area contributed by atoms with E-state index in [1.807, 2.05) is 20.8 Å². The molecule has 0 saturated heterocycles. The molecule has 1 N–H and O–H groups in total. The molecule has 4 nitrogen and oxygen atoms in total. The lowest BCUT2D eigenvalue weighted by Crippen LogP contribution is -2.11. The van der Waals surface area contributed by atoms with Gasteiger partial charge in [-0.3, -0.25) is 10.1 Å². The molecule has 0 aromatic heterocycles. The summed E-state index contributed by atoms with van der Waals surface area (Å²) in [7, 11) is 0. The van der Waals surface area contributed by atoms with Crippen LogP contribution in [-0.4, -0.2) is 10.0 Å². The molecule has 76 valence electrons. The number of phenols is 1. The smallest absolute Gasteiger partial charge is 0.311 e. The molecule has 1 aromatic carbocycles. The van der Waals surface area contributed by atoms with Crippen molar-refractivity contribution in [3.05, 3.63) is 33.9 Å². The summed E-state index contributed by atoms with van der Waals surface area (Å²) in [6.45, 7) is 5.68. The van der Waals surface area contributed by atoms with Crippen molar-refractivity contribution < 1.29 is 10.0 Å². The topological polar surface area (TPSA) is 63.4 Å². The van der Waals surface area contributed by atoms with Crippen LogP contribution in [0.1, 0.15) is 26.3 Å². The molecule has 0 aliphatic rings. The summed E-state index contributed by atoms with van der Waals surface area (Å²) in [4.78, 5) is 9.97. The second kappa shape index (κ2) is 3.29. The van der Waals surface area contributed by atoms with Gasteiger partial charge in [-0.2, -0.15) is 0 Å². The molecule has 0 spiro atoms. The van der Waals surface area contributed by atoms with E-state index in [-0.39, 0.29) is 16.9 Å². The van der Waals surface area contributed by atoms with Crippen molar-refractivity contribution >= 4 is 5.69 Å². The van der Waals surface area contributed by atoms with E-state index < -0.39 is 4.92 Å². The molecule has 0 atom stereocenters. The summed E-state index contributed by atoms with van der Waals surface area (Å²) in [6.07, 6.45) is 0. The first-order valence-corrected chi connectivity index (χ1v) is 4.31. The van der Waals surface area contributed by atoms with Gasteiger partial charge in [0.15, 0.2) is 5.75 Å². The van der Waals surface area contributed by atoms with Crippen molar-refractivity contribution in [1.29, 1.82) is 0 Å². The highest BCUT2D eigenvalue weighted by Crippen LogP contribution is 2.36. The Morgan fingerprint density at radius 1 is 1.36 bits per heavy atom.